The predicted molar refractivity (Wildman–Crippen MR) is 120 cm³/mol. The van der Waals surface area contributed by atoms with Crippen LogP contribution in [0.15, 0.2) is 79.9 Å². The summed E-state index contributed by atoms with van der Waals surface area (Å²) in [7, 11) is 0. The van der Waals surface area contributed by atoms with Crippen molar-refractivity contribution in [2.45, 2.75) is 6.18 Å². The minimum Gasteiger partial charge on any atom is -0.458 e. The molecule has 0 N–H and O–H groups in total. The topological polar surface area (TPSA) is 105 Å². The summed E-state index contributed by atoms with van der Waals surface area (Å²) < 4.78 is 65.9. The van der Waals surface area contributed by atoms with Crippen LogP contribution in [0.25, 0.3) is 11.4 Å². The Morgan fingerprint density at radius 1 is 0.892 bits per heavy atom. The molecule has 0 bridgehead atoms. The van der Waals surface area contributed by atoms with Crippen LogP contribution in [0.4, 0.5) is 17.6 Å². The van der Waals surface area contributed by atoms with Crippen molar-refractivity contribution in [1.29, 1.82) is 0 Å². The van der Waals surface area contributed by atoms with E-state index in [1.807, 2.05) is 0 Å². The Labute approximate surface area is 206 Å². The van der Waals surface area contributed by atoms with Gasteiger partial charge in [-0.15, -0.1) is 0 Å². The molecule has 0 amide bonds. The molecule has 1 heterocycles. The van der Waals surface area contributed by atoms with Gasteiger partial charge in [-0.1, -0.05) is 19.2 Å². The number of rotatable bonds is 8. The maximum Gasteiger partial charge on any atom is 0.449 e. The summed E-state index contributed by atoms with van der Waals surface area (Å²) in [6.07, 6.45) is -1.10. The van der Waals surface area contributed by atoms with Gasteiger partial charge in [0.15, 0.2) is 17.4 Å². The summed E-state index contributed by atoms with van der Waals surface area (Å²) >= 11 is 0. The molecule has 0 unspecified atom stereocenters. The number of ether oxygens (including phenoxy) is 3. The fourth-order valence-corrected chi connectivity index (χ4v) is 2.65. The lowest BCUT2D eigenvalue weighted by Gasteiger charge is -2.10. The van der Waals surface area contributed by atoms with Crippen LogP contribution in [0.1, 0.15) is 31.1 Å². The number of aromatic nitrogens is 2. The van der Waals surface area contributed by atoms with Gasteiger partial charge in [0.1, 0.15) is 6.61 Å². The molecule has 190 valence electrons. The molecular weight excluding hydrogens is 500 g/mol. The highest BCUT2D eigenvalue weighted by atomic mass is 19.4. The highest BCUT2D eigenvalue weighted by Gasteiger charge is 2.35. The summed E-state index contributed by atoms with van der Waals surface area (Å²) in [4.78, 5) is 43.9. The van der Waals surface area contributed by atoms with Crippen LogP contribution in [0.5, 0.6) is 5.75 Å². The van der Waals surface area contributed by atoms with Gasteiger partial charge in [0, 0.05) is 18.0 Å². The number of allylic oxidation sites excluding steroid dienone is 1. The first-order valence-electron chi connectivity index (χ1n) is 10.2. The van der Waals surface area contributed by atoms with Gasteiger partial charge < -0.3 is 14.2 Å². The number of hydrogen-bond donors (Lipinski definition) is 0. The second kappa shape index (κ2) is 11.2. The molecule has 0 radical (unpaired) electrons. The van der Waals surface area contributed by atoms with Gasteiger partial charge in [0.05, 0.1) is 16.7 Å². The van der Waals surface area contributed by atoms with Gasteiger partial charge in [-0.3, -0.25) is 0 Å². The maximum absolute atomic E-state index is 14.6. The Hall–Kier alpha value is -4.87. The molecule has 37 heavy (non-hydrogen) atoms. The van der Waals surface area contributed by atoms with Crippen molar-refractivity contribution in [3.8, 4) is 17.1 Å². The predicted octanol–water partition coefficient (Wildman–Crippen LogP) is 5.08. The number of carbonyl (C=O) groups is 3. The fraction of sp³-hybridized carbons (Fsp3) is 0.0800. The van der Waals surface area contributed by atoms with Crippen LogP contribution in [0.2, 0.25) is 0 Å². The molecule has 8 nitrogen and oxygen atoms in total. The number of benzene rings is 2. The molecule has 0 fully saturated rings. The second-order valence-corrected chi connectivity index (χ2v) is 7.11. The number of carbonyl (C=O) groups excluding carboxylic acids is 3. The zero-order chi connectivity index (χ0) is 27.2. The largest absolute Gasteiger partial charge is 0.458 e. The van der Waals surface area contributed by atoms with E-state index in [-0.39, 0.29) is 34.7 Å². The van der Waals surface area contributed by atoms with Crippen molar-refractivity contribution >= 4 is 17.9 Å². The van der Waals surface area contributed by atoms with Crippen molar-refractivity contribution in [1.82, 2.24) is 9.97 Å². The molecule has 0 saturated heterocycles. The molecule has 3 aromatic rings. The Bertz CT molecular complexity index is 1350. The van der Waals surface area contributed by atoms with Crippen LogP contribution in [-0.4, -0.2) is 40.7 Å². The highest BCUT2D eigenvalue weighted by Crippen LogP contribution is 2.26. The van der Waals surface area contributed by atoms with Crippen molar-refractivity contribution in [3.05, 3.63) is 102 Å². The maximum atomic E-state index is 14.6. The molecule has 0 saturated carbocycles. The standard InChI is InChI=1S/C25H16F4N2O6/c1-3-10-35-22(32)18-12-30-21(31-13-18)17-8-9-20(19(26)11-17)37-24(34)16-6-4-15(5-7-16)23(33)36-14(2)25(27,28)29/h3-9,11-13H,1-2,10H2. The lowest BCUT2D eigenvalue weighted by molar-refractivity contribution is -0.122. The van der Waals surface area contributed by atoms with Crippen LogP contribution in [-0.2, 0) is 9.47 Å². The molecule has 0 spiro atoms. The van der Waals surface area contributed by atoms with Crippen molar-refractivity contribution in [3.63, 3.8) is 0 Å². The van der Waals surface area contributed by atoms with E-state index in [2.05, 4.69) is 27.9 Å². The van der Waals surface area contributed by atoms with Crippen LogP contribution in [0.3, 0.4) is 0 Å². The Morgan fingerprint density at radius 3 is 2.03 bits per heavy atom. The van der Waals surface area contributed by atoms with E-state index in [1.54, 1.807) is 0 Å². The summed E-state index contributed by atoms with van der Waals surface area (Å²) in [5, 5.41) is 0. The number of esters is 3. The third-order valence-corrected chi connectivity index (χ3v) is 4.50. The Balaban J connectivity index is 1.66. The average molecular weight is 516 g/mol. The minimum atomic E-state index is -4.91. The lowest BCUT2D eigenvalue weighted by Crippen LogP contribution is -2.17. The van der Waals surface area contributed by atoms with E-state index < -0.39 is 41.4 Å². The van der Waals surface area contributed by atoms with E-state index in [4.69, 9.17) is 9.47 Å². The smallest absolute Gasteiger partial charge is 0.449 e. The molecule has 0 aliphatic heterocycles. The Kier molecular flexibility index (Phi) is 8.12. The van der Waals surface area contributed by atoms with E-state index in [9.17, 15) is 31.9 Å². The van der Waals surface area contributed by atoms with Gasteiger partial charge in [0.25, 0.3) is 0 Å². The van der Waals surface area contributed by atoms with Crippen LogP contribution >= 0.6 is 0 Å². The third kappa shape index (κ3) is 6.84. The molecule has 1 aromatic heterocycles. The summed E-state index contributed by atoms with van der Waals surface area (Å²) in [6, 6.07) is 7.82. The van der Waals surface area contributed by atoms with E-state index >= 15 is 0 Å². The summed E-state index contributed by atoms with van der Waals surface area (Å²) in [5.41, 5.74) is -0.0813. The molecule has 0 atom stereocenters. The number of alkyl halides is 3. The van der Waals surface area contributed by atoms with E-state index in [1.165, 1.54) is 24.5 Å². The number of hydrogen-bond acceptors (Lipinski definition) is 8. The van der Waals surface area contributed by atoms with Gasteiger partial charge >= 0.3 is 24.1 Å². The number of nitrogens with zero attached hydrogens (tertiary/aromatic N) is 2. The summed E-state index contributed by atoms with van der Waals surface area (Å²) in [6.45, 7) is 6.08. The molecule has 0 aliphatic carbocycles. The molecule has 0 aliphatic rings. The summed E-state index contributed by atoms with van der Waals surface area (Å²) in [5.74, 6) is -5.92. The highest BCUT2D eigenvalue weighted by molar-refractivity contribution is 5.94. The molecule has 3 rings (SSSR count). The fourth-order valence-electron chi connectivity index (χ4n) is 2.65. The first kappa shape index (κ1) is 26.7. The van der Waals surface area contributed by atoms with Crippen LogP contribution < -0.4 is 4.74 Å². The van der Waals surface area contributed by atoms with Crippen molar-refractivity contribution < 1.29 is 46.2 Å². The van der Waals surface area contributed by atoms with Gasteiger partial charge in [0.2, 0.25) is 5.76 Å². The quantitative estimate of drug-likeness (QED) is 0.134. The molecule has 2 aromatic carbocycles. The minimum absolute atomic E-state index is 0.0147. The first-order chi connectivity index (χ1) is 17.5. The SMILES string of the molecule is C=CCOC(=O)c1cnc(-c2ccc(OC(=O)c3ccc(C(=O)OC(=C)C(F)(F)F)cc3)c(F)c2)nc1. The molecular formula is C25H16F4N2O6. The second-order valence-electron chi connectivity index (χ2n) is 7.11. The zero-order valence-corrected chi connectivity index (χ0v) is 18.8. The normalized spacial score (nSPS) is 10.8. The Morgan fingerprint density at radius 2 is 1.49 bits per heavy atom. The number of halogens is 4. The van der Waals surface area contributed by atoms with Gasteiger partial charge in [-0.2, -0.15) is 13.2 Å². The van der Waals surface area contributed by atoms with Gasteiger partial charge in [-0.05, 0) is 42.5 Å². The van der Waals surface area contributed by atoms with Crippen LogP contribution in [0, 0.1) is 5.82 Å². The van der Waals surface area contributed by atoms with Crippen molar-refractivity contribution in [2.75, 3.05) is 6.61 Å². The van der Waals surface area contributed by atoms with Crippen molar-refractivity contribution in [2.24, 2.45) is 0 Å². The third-order valence-electron chi connectivity index (χ3n) is 4.50. The van der Waals surface area contributed by atoms with Gasteiger partial charge in [-0.25, -0.2) is 28.7 Å². The first-order valence-corrected chi connectivity index (χ1v) is 10.2. The van der Waals surface area contributed by atoms with E-state index in [0.29, 0.717) is 0 Å². The molecule has 12 heteroatoms. The van der Waals surface area contributed by atoms with E-state index in [0.717, 1.165) is 36.4 Å². The monoisotopic (exact) mass is 516 g/mol. The average Bonchev–Trinajstić information content (AvgIpc) is 2.88. The lowest BCUT2D eigenvalue weighted by atomic mass is 10.1. The zero-order valence-electron chi connectivity index (χ0n) is 18.8.